The Balaban J connectivity index is 1.41. The van der Waals surface area contributed by atoms with Gasteiger partial charge in [-0.05, 0) is 64.1 Å². The minimum Gasteiger partial charge on any atom is -0.313 e. The Kier molecular flexibility index (Phi) is 4.55. The van der Waals surface area contributed by atoms with E-state index < -0.39 is 0 Å². The van der Waals surface area contributed by atoms with E-state index >= 15 is 0 Å². The molecule has 0 spiro atoms. The molecule has 1 saturated carbocycles. The minimum atomic E-state index is 0.780. The number of nitrogens with zero attached hydrogens (tertiary/aromatic N) is 2. The van der Waals surface area contributed by atoms with E-state index in [9.17, 15) is 0 Å². The van der Waals surface area contributed by atoms with Crippen LogP contribution in [0.3, 0.4) is 0 Å². The molecule has 0 aromatic heterocycles. The van der Waals surface area contributed by atoms with Crippen molar-refractivity contribution in [2.75, 3.05) is 45.8 Å². The summed E-state index contributed by atoms with van der Waals surface area (Å²) in [6.45, 7) is 9.20. The molecule has 2 saturated heterocycles. The van der Waals surface area contributed by atoms with Gasteiger partial charge < -0.3 is 15.1 Å². The highest BCUT2D eigenvalue weighted by molar-refractivity contribution is 4.83. The molecule has 3 nitrogen and oxygen atoms in total. The molecule has 1 aliphatic carbocycles. The molecule has 3 fully saturated rings. The fourth-order valence-electron chi connectivity index (χ4n) is 3.44. The summed E-state index contributed by atoms with van der Waals surface area (Å²) in [6, 6.07) is 0.780. The summed E-state index contributed by atoms with van der Waals surface area (Å²) in [5.41, 5.74) is 0. The van der Waals surface area contributed by atoms with Crippen molar-refractivity contribution in [3.05, 3.63) is 0 Å². The van der Waals surface area contributed by atoms with Crippen LogP contribution in [0.1, 0.15) is 38.5 Å². The monoisotopic (exact) mass is 251 g/mol. The van der Waals surface area contributed by atoms with Crippen molar-refractivity contribution in [3.8, 4) is 0 Å². The van der Waals surface area contributed by atoms with Gasteiger partial charge in [0.1, 0.15) is 0 Å². The highest BCUT2D eigenvalue weighted by Crippen LogP contribution is 2.29. The molecule has 104 valence electrons. The average molecular weight is 251 g/mol. The molecule has 1 unspecified atom stereocenters. The summed E-state index contributed by atoms with van der Waals surface area (Å²) in [5, 5.41) is 3.65. The van der Waals surface area contributed by atoms with E-state index in [1.165, 1.54) is 84.3 Å². The van der Waals surface area contributed by atoms with Gasteiger partial charge in [0.2, 0.25) is 0 Å². The van der Waals surface area contributed by atoms with E-state index in [0.717, 1.165) is 12.0 Å². The molecule has 0 aromatic carbocycles. The fraction of sp³-hybridized carbons (Fsp3) is 1.00. The normalized spacial score (nSPS) is 29.5. The van der Waals surface area contributed by atoms with Gasteiger partial charge in [0.05, 0.1) is 0 Å². The Morgan fingerprint density at radius 3 is 2.50 bits per heavy atom. The highest BCUT2D eigenvalue weighted by Gasteiger charge is 2.26. The van der Waals surface area contributed by atoms with Crippen LogP contribution in [0.5, 0.6) is 0 Å². The Morgan fingerprint density at radius 2 is 1.83 bits per heavy atom. The summed E-state index contributed by atoms with van der Waals surface area (Å²) in [4.78, 5) is 5.40. The largest absolute Gasteiger partial charge is 0.313 e. The second kappa shape index (κ2) is 6.36. The second-order valence-corrected chi connectivity index (χ2v) is 6.54. The van der Waals surface area contributed by atoms with Crippen molar-refractivity contribution < 1.29 is 0 Å². The Morgan fingerprint density at radius 1 is 1.00 bits per heavy atom. The first kappa shape index (κ1) is 12.9. The lowest BCUT2D eigenvalue weighted by Gasteiger charge is -2.27. The van der Waals surface area contributed by atoms with E-state index in [4.69, 9.17) is 0 Å². The maximum absolute atomic E-state index is 3.65. The van der Waals surface area contributed by atoms with Gasteiger partial charge in [0, 0.05) is 32.2 Å². The number of nitrogens with one attached hydrogen (secondary N) is 1. The highest BCUT2D eigenvalue weighted by atomic mass is 15.2. The summed E-state index contributed by atoms with van der Waals surface area (Å²) < 4.78 is 0. The van der Waals surface area contributed by atoms with Crippen molar-refractivity contribution in [1.29, 1.82) is 0 Å². The number of rotatable bonds is 7. The first-order valence-corrected chi connectivity index (χ1v) is 8.08. The molecule has 0 amide bonds. The van der Waals surface area contributed by atoms with Crippen molar-refractivity contribution in [1.82, 2.24) is 15.1 Å². The van der Waals surface area contributed by atoms with Gasteiger partial charge >= 0.3 is 0 Å². The zero-order valence-electron chi connectivity index (χ0n) is 11.7. The Hall–Kier alpha value is -0.120. The standard InChI is InChI=1S/C15H29N3/c1-2-9-17(8-1)10-11-18(12-14-5-6-14)13-15-4-3-7-16-15/h14-16H,1-13H2. The molecule has 0 bridgehead atoms. The van der Waals surface area contributed by atoms with Gasteiger partial charge in [-0.2, -0.15) is 0 Å². The number of hydrogen-bond acceptors (Lipinski definition) is 3. The molecular weight excluding hydrogens is 222 g/mol. The van der Waals surface area contributed by atoms with Crippen molar-refractivity contribution in [3.63, 3.8) is 0 Å². The summed E-state index contributed by atoms with van der Waals surface area (Å²) in [6.07, 6.45) is 8.59. The third kappa shape index (κ3) is 3.94. The van der Waals surface area contributed by atoms with Gasteiger partial charge in [-0.15, -0.1) is 0 Å². The van der Waals surface area contributed by atoms with Crippen LogP contribution in [-0.4, -0.2) is 61.7 Å². The van der Waals surface area contributed by atoms with Gasteiger partial charge in [-0.25, -0.2) is 0 Å². The van der Waals surface area contributed by atoms with E-state index in [0.29, 0.717) is 0 Å². The number of likely N-dealkylation sites (tertiary alicyclic amines) is 1. The maximum atomic E-state index is 3.65. The van der Waals surface area contributed by atoms with E-state index in [1.54, 1.807) is 0 Å². The lowest BCUT2D eigenvalue weighted by atomic mass is 10.2. The third-order valence-corrected chi connectivity index (χ3v) is 4.79. The molecular formula is C15H29N3. The van der Waals surface area contributed by atoms with Crippen LogP contribution in [0.4, 0.5) is 0 Å². The molecule has 2 aliphatic heterocycles. The molecule has 3 heteroatoms. The predicted octanol–water partition coefficient (Wildman–Crippen LogP) is 1.55. The molecule has 0 radical (unpaired) electrons. The van der Waals surface area contributed by atoms with Crippen molar-refractivity contribution in [2.24, 2.45) is 5.92 Å². The van der Waals surface area contributed by atoms with Crippen LogP contribution in [0, 0.1) is 5.92 Å². The quantitative estimate of drug-likeness (QED) is 0.740. The van der Waals surface area contributed by atoms with E-state index in [2.05, 4.69) is 15.1 Å². The second-order valence-electron chi connectivity index (χ2n) is 6.54. The van der Waals surface area contributed by atoms with Gasteiger partial charge in [-0.3, -0.25) is 0 Å². The van der Waals surface area contributed by atoms with Crippen LogP contribution >= 0.6 is 0 Å². The predicted molar refractivity (Wildman–Crippen MR) is 75.9 cm³/mol. The van der Waals surface area contributed by atoms with Gasteiger partial charge in [0.25, 0.3) is 0 Å². The van der Waals surface area contributed by atoms with Crippen LogP contribution in [0.2, 0.25) is 0 Å². The zero-order chi connectivity index (χ0) is 12.2. The molecule has 2 heterocycles. The first-order valence-electron chi connectivity index (χ1n) is 8.08. The van der Waals surface area contributed by atoms with Crippen LogP contribution in [0.25, 0.3) is 0 Å². The topological polar surface area (TPSA) is 18.5 Å². The molecule has 3 aliphatic rings. The summed E-state index contributed by atoms with van der Waals surface area (Å²) in [7, 11) is 0. The molecule has 1 N–H and O–H groups in total. The van der Waals surface area contributed by atoms with Crippen molar-refractivity contribution >= 4 is 0 Å². The maximum Gasteiger partial charge on any atom is 0.0195 e. The van der Waals surface area contributed by atoms with Crippen LogP contribution in [0.15, 0.2) is 0 Å². The number of hydrogen-bond donors (Lipinski definition) is 1. The smallest absolute Gasteiger partial charge is 0.0195 e. The Bertz CT molecular complexity index is 240. The minimum absolute atomic E-state index is 0.780. The first-order chi connectivity index (χ1) is 8.90. The van der Waals surface area contributed by atoms with Gasteiger partial charge in [0.15, 0.2) is 0 Å². The van der Waals surface area contributed by atoms with Gasteiger partial charge in [-0.1, -0.05) is 0 Å². The van der Waals surface area contributed by atoms with E-state index in [-0.39, 0.29) is 0 Å². The lowest BCUT2D eigenvalue weighted by molar-refractivity contribution is 0.204. The summed E-state index contributed by atoms with van der Waals surface area (Å²) >= 11 is 0. The lowest BCUT2D eigenvalue weighted by Crippen LogP contribution is -2.42. The van der Waals surface area contributed by atoms with Crippen LogP contribution in [-0.2, 0) is 0 Å². The SMILES string of the molecule is C1CNC(CN(CCN2CCCC2)CC2CC2)C1. The Labute approximate surface area is 112 Å². The molecule has 3 rings (SSSR count). The fourth-order valence-corrected chi connectivity index (χ4v) is 3.44. The average Bonchev–Trinajstić information content (AvgIpc) is 2.85. The molecule has 0 aromatic rings. The van der Waals surface area contributed by atoms with Crippen LogP contribution < -0.4 is 5.32 Å². The molecule has 1 atom stereocenters. The summed E-state index contributed by atoms with van der Waals surface area (Å²) in [5.74, 6) is 1.03. The van der Waals surface area contributed by atoms with E-state index in [1.807, 2.05) is 0 Å². The van der Waals surface area contributed by atoms with Crippen molar-refractivity contribution in [2.45, 2.75) is 44.6 Å². The zero-order valence-corrected chi connectivity index (χ0v) is 11.7. The molecule has 18 heavy (non-hydrogen) atoms. The third-order valence-electron chi connectivity index (χ3n) is 4.79.